The van der Waals surface area contributed by atoms with Crippen molar-refractivity contribution in [2.75, 3.05) is 0 Å². The average molecular weight is 111 g/mol. The lowest BCUT2D eigenvalue weighted by Crippen LogP contribution is -1.79. The fourth-order valence-corrected chi connectivity index (χ4v) is 0.405. The van der Waals surface area contributed by atoms with Gasteiger partial charge in [-0.15, -0.1) is 0 Å². The van der Waals surface area contributed by atoms with E-state index in [1.54, 1.807) is 0 Å². The van der Waals surface area contributed by atoms with E-state index in [2.05, 4.69) is 6.58 Å². The highest BCUT2D eigenvalue weighted by atomic mass is 16.1. The van der Waals surface area contributed by atoms with Gasteiger partial charge >= 0.3 is 0 Å². The van der Waals surface area contributed by atoms with Gasteiger partial charge in [-0.1, -0.05) is 19.1 Å². The summed E-state index contributed by atoms with van der Waals surface area (Å²) in [5.74, 6) is 0. The van der Waals surface area contributed by atoms with Crippen LogP contribution in [-0.2, 0) is 4.79 Å². The first-order chi connectivity index (χ1) is 3.81. The molecule has 1 heteroatoms. The minimum absolute atomic E-state index is 0.507. The molecule has 1 radical (unpaired) electrons. The lowest BCUT2D eigenvalue weighted by Gasteiger charge is -1.93. The topological polar surface area (TPSA) is 17.1 Å². The first-order valence-corrected chi connectivity index (χ1v) is 2.83. The normalized spacial score (nSPS) is 8.62. The Morgan fingerprint density at radius 1 is 1.75 bits per heavy atom. The maximum absolute atomic E-state index is 9.66. The second-order valence-electron chi connectivity index (χ2n) is 1.75. The van der Waals surface area contributed by atoms with Gasteiger partial charge in [-0.3, -0.25) is 4.79 Å². The third-order valence-electron chi connectivity index (χ3n) is 1.08. The summed E-state index contributed by atoms with van der Waals surface area (Å²) < 4.78 is 0. The van der Waals surface area contributed by atoms with E-state index in [9.17, 15) is 4.79 Å². The van der Waals surface area contributed by atoms with E-state index >= 15 is 0 Å². The van der Waals surface area contributed by atoms with Crippen LogP contribution >= 0.6 is 0 Å². The molecule has 45 valence electrons. The van der Waals surface area contributed by atoms with Crippen LogP contribution < -0.4 is 0 Å². The van der Waals surface area contributed by atoms with E-state index in [0.29, 0.717) is 6.42 Å². The Bertz CT molecular complexity index is 84.4. The summed E-state index contributed by atoms with van der Waals surface area (Å²) in [7, 11) is 0. The van der Waals surface area contributed by atoms with Crippen molar-refractivity contribution in [2.24, 2.45) is 0 Å². The van der Waals surface area contributed by atoms with Crippen LogP contribution in [0.5, 0.6) is 0 Å². The summed E-state index contributed by atoms with van der Waals surface area (Å²) in [4.78, 5) is 9.66. The van der Waals surface area contributed by atoms with Crippen molar-refractivity contribution in [2.45, 2.75) is 26.2 Å². The predicted octanol–water partition coefficient (Wildman–Crippen LogP) is 1.84. The molecule has 0 saturated heterocycles. The third-order valence-corrected chi connectivity index (χ3v) is 1.08. The monoisotopic (exact) mass is 111 g/mol. The second-order valence-corrected chi connectivity index (χ2v) is 1.75. The molecule has 0 saturated carbocycles. The highest BCUT2D eigenvalue weighted by Gasteiger charge is 1.87. The molecule has 0 rings (SSSR count). The first kappa shape index (κ1) is 7.41. The molecule has 0 aliphatic heterocycles. The van der Waals surface area contributed by atoms with E-state index in [4.69, 9.17) is 0 Å². The van der Waals surface area contributed by atoms with E-state index in [-0.39, 0.29) is 0 Å². The Balaban J connectivity index is 3.11. The highest BCUT2D eigenvalue weighted by molar-refractivity contribution is 5.50. The van der Waals surface area contributed by atoms with Crippen molar-refractivity contribution in [3.63, 3.8) is 0 Å². The van der Waals surface area contributed by atoms with E-state index in [1.807, 2.05) is 13.2 Å². The fraction of sp³-hybridized carbons (Fsp3) is 0.571. The second kappa shape index (κ2) is 4.57. The van der Waals surface area contributed by atoms with Crippen LogP contribution in [0.4, 0.5) is 0 Å². The molecule has 0 N–H and O–H groups in total. The Morgan fingerprint density at radius 3 is 2.75 bits per heavy atom. The van der Waals surface area contributed by atoms with Crippen molar-refractivity contribution in [3.05, 3.63) is 12.2 Å². The van der Waals surface area contributed by atoms with Gasteiger partial charge in [0.05, 0.1) is 0 Å². The summed E-state index contributed by atoms with van der Waals surface area (Å²) in [5, 5.41) is 0. The molecule has 0 aliphatic carbocycles. The highest BCUT2D eigenvalue weighted by Crippen LogP contribution is 2.03. The van der Waals surface area contributed by atoms with Crippen LogP contribution in [0.2, 0.25) is 0 Å². The zero-order valence-electron chi connectivity index (χ0n) is 5.24. The smallest absolute Gasteiger partial charge is 0.198 e. The summed E-state index contributed by atoms with van der Waals surface area (Å²) in [6.07, 6.45) is 4.11. The molecule has 0 atom stereocenters. The molecule has 0 unspecified atom stereocenters. The molecular weight excluding hydrogens is 100 g/mol. The van der Waals surface area contributed by atoms with Gasteiger partial charge in [-0.05, 0) is 12.8 Å². The van der Waals surface area contributed by atoms with Crippen LogP contribution in [0.3, 0.4) is 0 Å². The van der Waals surface area contributed by atoms with Crippen LogP contribution in [0.15, 0.2) is 12.2 Å². The van der Waals surface area contributed by atoms with E-state index < -0.39 is 0 Å². The standard InChI is InChI=1S/C7H11O/c1-3-7(2)5-4-6-8/h2-5H2,1H3. The third kappa shape index (κ3) is 3.59. The minimum Gasteiger partial charge on any atom is -0.291 e. The number of hydrogen-bond acceptors (Lipinski definition) is 1. The van der Waals surface area contributed by atoms with Gasteiger partial charge in [0.15, 0.2) is 6.29 Å². The van der Waals surface area contributed by atoms with Crippen molar-refractivity contribution in [1.82, 2.24) is 0 Å². The minimum atomic E-state index is 0.507. The Hall–Kier alpha value is -0.590. The molecule has 0 aliphatic rings. The zero-order valence-corrected chi connectivity index (χ0v) is 5.24. The van der Waals surface area contributed by atoms with Gasteiger partial charge in [0, 0.05) is 6.42 Å². The van der Waals surface area contributed by atoms with Gasteiger partial charge in [0.2, 0.25) is 0 Å². The summed E-state index contributed by atoms with van der Waals surface area (Å²) in [5.41, 5.74) is 1.13. The van der Waals surface area contributed by atoms with Crippen LogP contribution in [-0.4, -0.2) is 6.29 Å². The Kier molecular flexibility index (Phi) is 4.23. The molecule has 0 fully saturated rings. The van der Waals surface area contributed by atoms with Gasteiger partial charge in [-0.25, -0.2) is 0 Å². The van der Waals surface area contributed by atoms with Gasteiger partial charge in [0.1, 0.15) is 0 Å². The van der Waals surface area contributed by atoms with Gasteiger partial charge in [-0.2, -0.15) is 0 Å². The van der Waals surface area contributed by atoms with Crippen LogP contribution in [0.1, 0.15) is 26.2 Å². The molecule has 0 aromatic carbocycles. The predicted molar refractivity (Wildman–Crippen MR) is 34.4 cm³/mol. The molecule has 0 aromatic heterocycles. The largest absolute Gasteiger partial charge is 0.291 e. The Labute approximate surface area is 50.4 Å². The lowest BCUT2D eigenvalue weighted by atomic mass is 10.1. The average Bonchev–Trinajstić information content (AvgIpc) is 1.83. The number of rotatable bonds is 4. The fourth-order valence-electron chi connectivity index (χ4n) is 0.405. The molecule has 0 heterocycles. The van der Waals surface area contributed by atoms with Crippen molar-refractivity contribution >= 4 is 6.29 Å². The Morgan fingerprint density at radius 2 is 2.38 bits per heavy atom. The van der Waals surface area contributed by atoms with E-state index in [0.717, 1.165) is 18.4 Å². The van der Waals surface area contributed by atoms with Crippen molar-refractivity contribution in [3.8, 4) is 0 Å². The van der Waals surface area contributed by atoms with Crippen LogP contribution in [0, 0.1) is 0 Å². The SMILES string of the molecule is C=C(CC)CC[C]=O. The maximum Gasteiger partial charge on any atom is 0.198 e. The summed E-state index contributed by atoms with van der Waals surface area (Å²) >= 11 is 0. The van der Waals surface area contributed by atoms with Crippen molar-refractivity contribution < 1.29 is 4.79 Å². The van der Waals surface area contributed by atoms with Crippen molar-refractivity contribution in [1.29, 1.82) is 0 Å². The molecule has 0 bridgehead atoms. The van der Waals surface area contributed by atoms with E-state index in [1.165, 1.54) is 0 Å². The zero-order chi connectivity index (χ0) is 6.41. The first-order valence-electron chi connectivity index (χ1n) is 2.83. The molecule has 0 aromatic rings. The lowest BCUT2D eigenvalue weighted by molar-refractivity contribution is 0.551. The van der Waals surface area contributed by atoms with Gasteiger partial charge in [0.25, 0.3) is 0 Å². The molecule has 0 amide bonds. The maximum atomic E-state index is 9.66. The number of allylic oxidation sites excluding steroid dienone is 1. The molecule has 0 spiro atoms. The van der Waals surface area contributed by atoms with Crippen LogP contribution in [0.25, 0.3) is 0 Å². The summed E-state index contributed by atoms with van der Waals surface area (Å²) in [6, 6.07) is 0. The number of hydrogen-bond donors (Lipinski definition) is 0. The quantitative estimate of drug-likeness (QED) is 0.506. The number of carbonyl (C=O) groups excluding carboxylic acids is 1. The molecule has 1 nitrogen and oxygen atoms in total. The van der Waals surface area contributed by atoms with Gasteiger partial charge < -0.3 is 0 Å². The summed E-state index contributed by atoms with van der Waals surface area (Å²) in [6.45, 7) is 5.77. The molecular formula is C7H11O. The molecule has 8 heavy (non-hydrogen) atoms.